The topological polar surface area (TPSA) is 93.7 Å². The van der Waals surface area contributed by atoms with Crippen LogP contribution in [0.5, 0.6) is 5.75 Å². The first-order valence-electron chi connectivity index (χ1n) is 9.43. The number of carbonyl (C=O) groups is 1. The van der Waals surface area contributed by atoms with Crippen LogP contribution < -0.4 is 14.8 Å². The molecule has 1 amide bonds. The normalized spacial score (nSPS) is 12.0. The van der Waals surface area contributed by atoms with Crippen LogP contribution in [0.15, 0.2) is 53.9 Å². The summed E-state index contributed by atoms with van der Waals surface area (Å²) in [4.78, 5) is 11.9. The van der Waals surface area contributed by atoms with Gasteiger partial charge in [-0.05, 0) is 55.7 Å². The van der Waals surface area contributed by atoms with Gasteiger partial charge in [0, 0.05) is 18.5 Å². The summed E-state index contributed by atoms with van der Waals surface area (Å²) in [6.45, 7) is 5.69. The summed E-state index contributed by atoms with van der Waals surface area (Å²) < 4.78 is 37.6. The average molecular weight is 433 g/mol. The molecule has 162 valence electrons. The molecule has 0 spiro atoms. The predicted molar refractivity (Wildman–Crippen MR) is 117 cm³/mol. The van der Waals surface area contributed by atoms with Crippen molar-refractivity contribution >= 4 is 22.2 Å². The molecular formula is C22H28N2O5S. The molecular weight excluding hydrogens is 404 g/mol. The van der Waals surface area contributed by atoms with E-state index in [4.69, 9.17) is 9.47 Å². The van der Waals surface area contributed by atoms with Crippen LogP contribution in [0, 0.1) is 0 Å². The van der Waals surface area contributed by atoms with E-state index in [9.17, 15) is 13.2 Å². The van der Waals surface area contributed by atoms with Crippen LogP contribution in [0.1, 0.15) is 37.5 Å². The first-order chi connectivity index (χ1) is 14.1. The summed E-state index contributed by atoms with van der Waals surface area (Å²) in [7, 11) is -2.10. The number of methoxy groups -OCH3 is 1. The van der Waals surface area contributed by atoms with Gasteiger partial charge >= 0.3 is 6.09 Å². The second-order valence-electron chi connectivity index (χ2n) is 7.57. The minimum absolute atomic E-state index is 0.156. The highest BCUT2D eigenvalue weighted by molar-refractivity contribution is 7.92. The Morgan fingerprint density at radius 3 is 2.40 bits per heavy atom. The molecule has 2 aromatic rings. The fourth-order valence-electron chi connectivity index (χ4n) is 2.50. The average Bonchev–Trinajstić information content (AvgIpc) is 2.69. The summed E-state index contributed by atoms with van der Waals surface area (Å²) in [5.74, 6) is 0.596. The van der Waals surface area contributed by atoms with Crippen LogP contribution in [-0.2, 0) is 27.8 Å². The Labute approximate surface area is 178 Å². The zero-order valence-corrected chi connectivity index (χ0v) is 18.5. The van der Waals surface area contributed by atoms with E-state index in [-0.39, 0.29) is 13.1 Å². The third-order valence-electron chi connectivity index (χ3n) is 3.92. The molecule has 2 N–H and O–H groups in total. The van der Waals surface area contributed by atoms with Crippen LogP contribution >= 0.6 is 0 Å². The van der Waals surface area contributed by atoms with E-state index in [2.05, 4.69) is 10.0 Å². The molecule has 0 aliphatic rings. The van der Waals surface area contributed by atoms with Gasteiger partial charge in [-0.3, -0.25) is 0 Å². The van der Waals surface area contributed by atoms with E-state index in [0.29, 0.717) is 16.9 Å². The zero-order valence-electron chi connectivity index (χ0n) is 17.6. The second kappa shape index (κ2) is 10.3. The van der Waals surface area contributed by atoms with Gasteiger partial charge in [0.2, 0.25) is 10.0 Å². The Morgan fingerprint density at radius 1 is 1.07 bits per heavy atom. The van der Waals surface area contributed by atoms with Crippen LogP contribution in [0.25, 0.3) is 6.08 Å². The molecule has 0 radical (unpaired) electrons. The molecule has 0 aliphatic heterocycles. The van der Waals surface area contributed by atoms with E-state index in [1.54, 1.807) is 39.0 Å². The van der Waals surface area contributed by atoms with E-state index in [1.807, 2.05) is 30.3 Å². The maximum absolute atomic E-state index is 12.3. The maximum Gasteiger partial charge on any atom is 0.407 e. The summed E-state index contributed by atoms with van der Waals surface area (Å²) in [6, 6.07) is 14.4. The van der Waals surface area contributed by atoms with Gasteiger partial charge in [-0.25, -0.2) is 17.9 Å². The molecule has 8 heteroatoms. The molecule has 0 fully saturated rings. The van der Waals surface area contributed by atoms with E-state index < -0.39 is 21.7 Å². The first-order valence-corrected chi connectivity index (χ1v) is 11.0. The summed E-state index contributed by atoms with van der Waals surface area (Å²) in [5.41, 5.74) is 1.58. The number of ether oxygens (including phenoxy) is 2. The molecule has 0 atom stereocenters. The second-order valence-corrected chi connectivity index (χ2v) is 9.23. The van der Waals surface area contributed by atoms with Crippen molar-refractivity contribution in [3.63, 3.8) is 0 Å². The number of sulfonamides is 1. The summed E-state index contributed by atoms with van der Waals surface area (Å²) in [6.07, 6.45) is 0.927. The lowest BCUT2D eigenvalue weighted by atomic mass is 10.1. The van der Waals surface area contributed by atoms with Gasteiger partial charge < -0.3 is 14.8 Å². The Bertz CT molecular complexity index is 980. The van der Waals surface area contributed by atoms with Crippen molar-refractivity contribution in [2.75, 3.05) is 7.11 Å². The minimum atomic E-state index is -3.64. The van der Waals surface area contributed by atoms with E-state index in [0.717, 1.165) is 11.0 Å². The van der Waals surface area contributed by atoms with Crippen LogP contribution in [0.2, 0.25) is 0 Å². The molecule has 30 heavy (non-hydrogen) atoms. The van der Waals surface area contributed by atoms with E-state index >= 15 is 0 Å². The number of hydrogen-bond acceptors (Lipinski definition) is 5. The van der Waals surface area contributed by atoms with Crippen molar-refractivity contribution in [3.05, 3.63) is 70.6 Å². The monoisotopic (exact) mass is 432 g/mol. The number of amides is 1. The number of benzene rings is 2. The lowest BCUT2D eigenvalue weighted by molar-refractivity contribution is 0.0523. The molecule has 2 aromatic carbocycles. The SMILES string of the molecule is COc1ccc(/C=C/S(=O)(=O)NCc2ccccc2)c(CNC(=O)OC(C)(C)C)c1. The van der Waals surface area contributed by atoms with Gasteiger partial charge in [0.25, 0.3) is 0 Å². The number of nitrogens with one attached hydrogen (secondary N) is 2. The molecule has 0 bridgehead atoms. The van der Waals surface area contributed by atoms with Crippen molar-refractivity contribution in [2.24, 2.45) is 0 Å². The van der Waals surface area contributed by atoms with E-state index in [1.165, 1.54) is 13.2 Å². The molecule has 0 aromatic heterocycles. The minimum Gasteiger partial charge on any atom is -0.497 e. The van der Waals surface area contributed by atoms with Crippen molar-refractivity contribution in [1.29, 1.82) is 0 Å². The third-order valence-corrected chi connectivity index (χ3v) is 4.96. The lowest BCUT2D eigenvalue weighted by Gasteiger charge is -2.20. The van der Waals surface area contributed by atoms with Gasteiger partial charge in [0.05, 0.1) is 7.11 Å². The highest BCUT2D eigenvalue weighted by atomic mass is 32.2. The molecule has 0 aliphatic carbocycles. The summed E-state index contributed by atoms with van der Waals surface area (Å²) in [5, 5.41) is 3.78. The smallest absolute Gasteiger partial charge is 0.407 e. The third kappa shape index (κ3) is 8.26. The molecule has 2 rings (SSSR count). The number of hydrogen-bond donors (Lipinski definition) is 2. The number of alkyl carbamates (subject to hydrolysis) is 1. The van der Waals surface area contributed by atoms with Crippen molar-refractivity contribution in [3.8, 4) is 5.75 Å². The quantitative estimate of drug-likeness (QED) is 0.662. The van der Waals surface area contributed by atoms with Crippen LogP contribution in [0.4, 0.5) is 4.79 Å². The van der Waals surface area contributed by atoms with Crippen LogP contribution in [-0.4, -0.2) is 27.2 Å². The van der Waals surface area contributed by atoms with Gasteiger partial charge in [0.15, 0.2) is 0 Å². The fraction of sp³-hybridized carbons (Fsp3) is 0.318. The highest BCUT2D eigenvalue weighted by Gasteiger charge is 2.16. The largest absolute Gasteiger partial charge is 0.497 e. The van der Waals surface area contributed by atoms with Crippen molar-refractivity contribution in [2.45, 2.75) is 39.5 Å². The van der Waals surface area contributed by atoms with Gasteiger partial charge in [-0.1, -0.05) is 36.4 Å². The molecule has 0 unspecified atom stereocenters. The van der Waals surface area contributed by atoms with Crippen molar-refractivity contribution in [1.82, 2.24) is 10.0 Å². The number of carbonyl (C=O) groups excluding carboxylic acids is 1. The Balaban J connectivity index is 2.10. The van der Waals surface area contributed by atoms with Crippen molar-refractivity contribution < 1.29 is 22.7 Å². The lowest BCUT2D eigenvalue weighted by Crippen LogP contribution is -2.32. The molecule has 0 saturated heterocycles. The number of rotatable bonds is 8. The molecule has 0 heterocycles. The molecule has 0 saturated carbocycles. The van der Waals surface area contributed by atoms with Gasteiger partial charge in [0.1, 0.15) is 11.4 Å². The summed E-state index contributed by atoms with van der Waals surface area (Å²) >= 11 is 0. The maximum atomic E-state index is 12.3. The Hall–Kier alpha value is -2.84. The predicted octanol–water partition coefficient (Wildman–Crippen LogP) is 3.81. The molecule has 7 nitrogen and oxygen atoms in total. The zero-order chi connectivity index (χ0) is 22.2. The van der Waals surface area contributed by atoms with Crippen LogP contribution in [0.3, 0.4) is 0 Å². The fourth-order valence-corrected chi connectivity index (χ4v) is 3.29. The van der Waals surface area contributed by atoms with Gasteiger partial charge in [-0.2, -0.15) is 0 Å². The Morgan fingerprint density at radius 2 is 1.77 bits per heavy atom. The Kier molecular flexibility index (Phi) is 8.02. The van der Waals surface area contributed by atoms with Gasteiger partial charge in [-0.15, -0.1) is 0 Å². The first kappa shape index (κ1) is 23.4. The standard InChI is InChI=1S/C22H28N2O5S/c1-22(2,3)29-21(25)23-16-19-14-20(28-4)11-10-18(19)12-13-30(26,27)24-15-17-8-6-5-7-9-17/h5-14,24H,15-16H2,1-4H3,(H,23,25)/b13-12+. The highest BCUT2D eigenvalue weighted by Crippen LogP contribution is 2.20.